The van der Waals surface area contributed by atoms with Gasteiger partial charge in [-0.25, -0.2) is 0 Å². The fourth-order valence-corrected chi connectivity index (χ4v) is 1.09. The largest absolute Gasteiger partial charge is 0.294 e. The van der Waals surface area contributed by atoms with Gasteiger partial charge in [0.05, 0.1) is 4.90 Å². The van der Waals surface area contributed by atoms with Crippen LogP contribution in [0.1, 0.15) is 0 Å². The van der Waals surface area contributed by atoms with Crippen molar-refractivity contribution in [2.24, 2.45) is 0 Å². The number of hydrogen-bond donors (Lipinski definition) is 1. The Morgan fingerprint density at radius 1 is 1.09 bits per heavy atom. The molecule has 0 aromatic heterocycles. The summed E-state index contributed by atoms with van der Waals surface area (Å²) in [5.74, 6) is 0. The van der Waals surface area contributed by atoms with Gasteiger partial charge in [0.2, 0.25) is 0 Å². The van der Waals surface area contributed by atoms with Crippen LogP contribution in [0.3, 0.4) is 0 Å². The van der Waals surface area contributed by atoms with E-state index in [-0.39, 0.29) is 40.5 Å². The van der Waals surface area contributed by atoms with E-state index in [0.29, 0.717) is 0 Å². The molecule has 0 aliphatic carbocycles. The second-order valence-corrected chi connectivity index (χ2v) is 3.21. The third kappa shape index (κ3) is 3.49. The summed E-state index contributed by atoms with van der Waals surface area (Å²) in [6.45, 7) is 0. The summed E-state index contributed by atoms with van der Waals surface area (Å²) in [6, 6.07) is 7.42. The Morgan fingerprint density at radius 2 is 1.55 bits per heavy atom. The Balaban J connectivity index is 0.000001000. The number of benzene rings is 1. The zero-order chi connectivity index (χ0) is 7.61. The first-order valence-corrected chi connectivity index (χ1v) is 4.07. The molecule has 0 heterocycles. The van der Waals surface area contributed by atoms with Gasteiger partial charge in [-0.2, -0.15) is 8.42 Å². The third-order valence-electron chi connectivity index (χ3n) is 1.04. The summed E-state index contributed by atoms with van der Waals surface area (Å²) >= 11 is 0. The molecule has 0 amide bonds. The predicted molar refractivity (Wildman–Crippen MR) is 36.3 cm³/mol. The van der Waals surface area contributed by atoms with Crippen molar-refractivity contribution in [1.82, 2.24) is 0 Å². The molecule has 11 heavy (non-hydrogen) atoms. The van der Waals surface area contributed by atoms with E-state index in [2.05, 4.69) is 0 Å². The molecule has 0 aliphatic rings. The molecule has 1 aromatic carbocycles. The van der Waals surface area contributed by atoms with Crippen molar-refractivity contribution >= 4 is 10.1 Å². The van der Waals surface area contributed by atoms with Gasteiger partial charge >= 0.3 is 0 Å². The van der Waals surface area contributed by atoms with Crippen LogP contribution in [0.2, 0.25) is 0 Å². The molecular weight excluding hydrogens is 291 g/mol. The average Bonchev–Trinajstić information content (AvgIpc) is 1.88. The second kappa shape index (κ2) is 4.38. The molecule has 1 N–H and O–H groups in total. The molecular formula is C6H6LaO3S. The minimum absolute atomic E-state index is 0. The summed E-state index contributed by atoms with van der Waals surface area (Å²) in [5, 5.41) is 0. The average molecular weight is 297 g/mol. The SMILES string of the molecule is O=S(=O)(O)c1ccccc1.[La]. The van der Waals surface area contributed by atoms with Gasteiger partial charge in [0.1, 0.15) is 0 Å². The summed E-state index contributed by atoms with van der Waals surface area (Å²) in [7, 11) is -4.00. The Bertz CT molecular complexity index is 306. The molecule has 0 bridgehead atoms. The van der Waals surface area contributed by atoms with E-state index in [1.54, 1.807) is 18.2 Å². The smallest absolute Gasteiger partial charge is 0.282 e. The molecule has 0 spiro atoms. The first kappa shape index (κ1) is 11.3. The first-order valence-electron chi connectivity index (χ1n) is 2.63. The quantitative estimate of drug-likeness (QED) is 0.785. The van der Waals surface area contributed by atoms with Crippen molar-refractivity contribution < 1.29 is 48.6 Å². The van der Waals surface area contributed by atoms with Gasteiger partial charge in [-0.05, 0) is 12.1 Å². The maximum Gasteiger partial charge on any atom is 0.294 e. The molecule has 0 saturated carbocycles. The minimum Gasteiger partial charge on any atom is -0.282 e. The van der Waals surface area contributed by atoms with Gasteiger partial charge in [-0.3, -0.25) is 4.55 Å². The second-order valence-electron chi connectivity index (χ2n) is 1.79. The summed E-state index contributed by atoms with van der Waals surface area (Å²) in [5.41, 5.74) is 0. The van der Waals surface area contributed by atoms with Crippen LogP contribution in [-0.4, -0.2) is 13.0 Å². The van der Waals surface area contributed by atoms with Crippen LogP contribution >= 0.6 is 0 Å². The van der Waals surface area contributed by atoms with Crippen LogP contribution in [-0.2, 0) is 10.1 Å². The summed E-state index contributed by atoms with van der Waals surface area (Å²) in [4.78, 5) is -0.0741. The molecule has 3 nitrogen and oxygen atoms in total. The Kier molecular flexibility index (Phi) is 4.50. The predicted octanol–water partition coefficient (Wildman–Crippen LogP) is 0.933. The minimum atomic E-state index is -4.00. The topological polar surface area (TPSA) is 54.4 Å². The molecule has 1 radical (unpaired) electrons. The third-order valence-corrected chi connectivity index (χ3v) is 1.91. The van der Waals surface area contributed by atoms with Gasteiger partial charge in [-0.15, -0.1) is 0 Å². The number of rotatable bonds is 1. The van der Waals surface area contributed by atoms with Crippen LogP contribution in [0.4, 0.5) is 0 Å². The van der Waals surface area contributed by atoms with Crippen molar-refractivity contribution in [3.05, 3.63) is 30.3 Å². The Hall–Kier alpha value is 0.325. The van der Waals surface area contributed by atoms with Crippen LogP contribution < -0.4 is 0 Å². The zero-order valence-electron chi connectivity index (χ0n) is 5.64. The normalized spacial score (nSPS) is 10.3. The van der Waals surface area contributed by atoms with Crippen LogP contribution in [0.15, 0.2) is 35.2 Å². The van der Waals surface area contributed by atoms with Gasteiger partial charge in [0.25, 0.3) is 10.1 Å². The molecule has 5 heteroatoms. The number of hydrogen-bond acceptors (Lipinski definition) is 2. The molecule has 0 aliphatic heterocycles. The van der Waals surface area contributed by atoms with Crippen LogP contribution in [0.25, 0.3) is 0 Å². The standard InChI is InChI=1S/C6H6O3S.La/c7-10(8,9)6-4-2-1-3-5-6;/h1-5H,(H,7,8,9);. The summed E-state index contributed by atoms with van der Waals surface area (Å²) in [6.07, 6.45) is 0. The van der Waals surface area contributed by atoms with Gasteiger partial charge < -0.3 is 0 Å². The van der Waals surface area contributed by atoms with Crippen LogP contribution in [0, 0.1) is 35.6 Å². The van der Waals surface area contributed by atoms with Gasteiger partial charge in [0, 0.05) is 35.6 Å². The molecule has 57 valence electrons. The van der Waals surface area contributed by atoms with E-state index in [1.165, 1.54) is 12.1 Å². The van der Waals surface area contributed by atoms with Crippen LogP contribution in [0.5, 0.6) is 0 Å². The van der Waals surface area contributed by atoms with Crippen molar-refractivity contribution in [3.8, 4) is 0 Å². The van der Waals surface area contributed by atoms with Gasteiger partial charge in [-0.1, -0.05) is 18.2 Å². The zero-order valence-corrected chi connectivity index (χ0v) is 10.1. The van der Waals surface area contributed by atoms with Crippen molar-refractivity contribution in [2.75, 3.05) is 0 Å². The maximum absolute atomic E-state index is 10.4. The van der Waals surface area contributed by atoms with Gasteiger partial charge in [0.15, 0.2) is 0 Å². The Morgan fingerprint density at radius 3 is 1.82 bits per heavy atom. The first-order chi connectivity index (χ1) is 4.61. The maximum atomic E-state index is 10.4. The molecule has 0 atom stereocenters. The van der Waals surface area contributed by atoms with E-state index in [1.807, 2.05) is 0 Å². The fraction of sp³-hybridized carbons (Fsp3) is 0. The molecule has 1 rings (SSSR count). The summed E-state index contributed by atoms with van der Waals surface area (Å²) < 4.78 is 29.2. The van der Waals surface area contributed by atoms with E-state index in [4.69, 9.17) is 4.55 Å². The van der Waals surface area contributed by atoms with Crippen molar-refractivity contribution in [3.63, 3.8) is 0 Å². The molecule has 1 aromatic rings. The monoisotopic (exact) mass is 297 g/mol. The van der Waals surface area contributed by atoms with E-state index in [0.717, 1.165) is 0 Å². The van der Waals surface area contributed by atoms with E-state index in [9.17, 15) is 8.42 Å². The van der Waals surface area contributed by atoms with E-state index >= 15 is 0 Å². The van der Waals surface area contributed by atoms with Crippen molar-refractivity contribution in [2.45, 2.75) is 4.90 Å². The fourth-order valence-electron chi connectivity index (χ4n) is 0.592. The molecule has 0 saturated heterocycles. The molecule has 0 unspecified atom stereocenters. The Labute approximate surface area is 93.2 Å². The van der Waals surface area contributed by atoms with Crippen molar-refractivity contribution in [1.29, 1.82) is 0 Å². The molecule has 0 fully saturated rings. The van der Waals surface area contributed by atoms with E-state index < -0.39 is 10.1 Å².